The van der Waals surface area contributed by atoms with Crippen LogP contribution >= 0.6 is 0 Å². The van der Waals surface area contributed by atoms with Gasteiger partial charge in [-0.3, -0.25) is 4.89 Å². The third-order valence-corrected chi connectivity index (χ3v) is 1.45. The van der Waals surface area contributed by atoms with Gasteiger partial charge in [0.1, 0.15) is 0 Å². The Kier molecular flexibility index (Phi) is 6.33. The normalized spacial score (nSPS) is 14.2. The Balaban J connectivity index is 0.000000423. The van der Waals surface area contributed by atoms with Crippen LogP contribution in [0.1, 0.15) is 6.42 Å². The molecule has 1 rings (SSSR count). The van der Waals surface area contributed by atoms with Crippen LogP contribution < -0.4 is 0 Å². The zero-order chi connectivity index (χ0) is 11.8. The van der Waals surface area contributed by atoms with E-state index in [1.54, 1.807) is 12.2 Å². The van der Waals surface area contributed by atoms with Crippen molar-refractivity contribution in [2.24, 2.45) is 0 Å². The lowest BCUT2D eigenvalue weighted by Crippen LogP contribution is -2.07. The van der Waals surface area contributed by atoms with Gasteiger partial charge in [-0.1, -0.05) is 18.7 Å². The zero-order valence-corrected chi connectivity index (χ0v) is 9.36. The van der Waals surface area contributed by atoms with Gasteiger partial charge >= 0.3 is 5.97 Å². The molecule has 0 fully saturated rings. The lowest BCUT2D eigenvalue weighted by molar-refractivity contribution is -0.229. The summed E-state index contributed by atoms with van der Waals surface area (Å²) < 4.78 is 0. The number of allylic oxidation sites excluding steroid dienone is 3. The minimum absolute atomic E-state index is 0.329. The topological polar surface area (TPSA) is 49.8 Å². The van der Waals surface area contributed by atoms with Crippen molar-refractivity contribution < 1.29 is 14.9 Å². The Morgan fingerprint density at radius 1 is 1.53 bits per heavy atom. The predicted molar refractivity (Wildman–Crippen MR) is 59.3 cm³/mol. The predicted octanol–water partition coefficient (Wildman–Crippen LogP) is 1.62. The Morgan fingerprint density at radius 2 is 2.07 bits per heavy atom. The summed E-state index contributed by atoms with van der Waals surface area (Å²) in [6.45, 7) is 3.63. The van der Waals surface area contributed by atoms with Gasteiger partial charge < -0.3 is 4.90 Å². The Labute approximate surface area is 90.1 Å². The smallest absolute Gasteiger partial charge is 0.312 e. The number of hydrogen-bond acceptors (Lipinski definition) is 4. The zero-order valence-electron chi connectivity index (χ0n) is 9.36. The van der Waals surface area contributed by atoms with Gasteiger partial charge in [-0.15, -0.1) is 0 Å². The second-order valence-corrected chi connectivity index (χ2v) is 3.54. The van der Waals surface area contributed by atoms with E-state index in [2.05, 4.69) is 11.5 Å². The second kappa shape index (κ2) is 6.98. The molecule has 0 aromatic rings. The molecule has 0 heterocycles. The van der Waals surface area contributed by atoms with Gasteiger partial charge in [0.05, 0.1) is 5.57 Å². The Hall–Kier alpha value is -1.39. The number of nitrogens with zero attached hydrogens (tertiary/aromatic N) is 1. The molecule has 0 radical (unpaired) electrons. The van der Waals surface area contributed by atoms with Gasteiger partial charge in [0.2, 0.25) is 0 Å². The first kappa shape index (κ1) is 13.6. The fourth-order valence-corrected chi connectivity index (χ4v) is 0.864. The first-order valence-corrected chi connectivity index (χ1v) is 4.50. The van der Waals surface area contributed by atoms with E-state index in [9.17, 15) is 4.79 Å². The maximum atomic E-state index is 10.7. The van der Waals surface area contributed by atoms with Crippen LogP contribution in [-0.4, -0.2) is 37.3 Å². The van der Waals surface area contributed by atoms with E-state index in [0.717, 1.165) is 0 Å². The lowest BCUT2D eigenvalue weighted by Gasteiger charge is -2.07. The second-order valence-electron chi connectivity index (χ2n) is 3.54. The largest absolute Gasteiger partial charge is 0.373 e. The third-order valence-electron chi connectivity index (χ3n) is 1.45. The molecule has 15 heavy (non-hydrogen) atoms. The molecule has 1 aliphatic carbocycles. The number of carbonyl (C=O) groups excluding carboxylic acids is 1. The maximum absolute atomic E-state index is 10.7. The minimum Gasteiger partial charge on any atom is -0.312 e. The molecular weight excluding hydrogens is 194 g/mol. The molecule has 0 aliphatic heterocycles. The SMILES string of the molecule is C=C1CC=CC=C1C(=O)OO.CN(C)C. The number of carbonyl (C=O) groups is 1. The van der Waals surface area contributed by atoms with Crippen LogP contribution in [0.5, 0.6) is 0 Å². The van der Waals surface area contributed by atoms with Crippen molar-refractivity contribution in [3.05, 3.63) is 36.0 Å². The van der Waals surface area contributed by atoms with Gasteiger partial charge in [0.25, 0.3) is 0 Å². The molecule has 4 heteroatoms. The Bertz CT molecular complexity index is 287. The first-order chi connectivity index (χ1) is 6.99. The Morgan fingerprint density at radius 3 is 2.47 bits per heavy atom. The molecule has 4 nitrogen and oxygen atoms in total. The summed E-state index contributed by atoms with van der Waals surface area (Å²) in [5.41, 5.74) is 0.988. The molecule has 1 N–H and O–H groups in total. The van der Waals surface area contributed by atoms with Crippen molar-refractivity contribution in [1.29, 1.82) is 0 Å². The van der Waals surface area contributed by atoms with E-state index in [1.165, 1.54) is 0 Å². The van der Waals surface area contributed by atoms with E-state index in [0.29, 0.717) is 17.6 Å². The highest BCUT2D eigenvalue weighted by Gasteiger charge is 2.14. The van der Waals surface area contributed by atoms with E-state index in [1.807, 2.05) is 32.1 Å². The van der Waals surface area contributed by atoms with Crippen molar-refractivity contribution in [3.8, 4) is 0 Å². The highest BCUT2D eigenvalue weighted by Crippen LogP contribution is 2.17. The van der Waals surface area contributed by atoms with Crippen LogP contribution in [0, 0.1) is 0 Å². The van der Waals surface area contributed by atoms with Crippen LogP contribution in [0.4, 0.5) is 0 Å². The summed E-state index contributed by atoms with van der Waals surface area (Å²) >= 11 is 0. The van der Waals surface area contributed by atoms with Crippen molar-refractivity contribution >= 4 is 5.97 Å². The molecule has 0 aromatic carbocycles. The van der Waals surface area contributed by atoms with Crippen molar-refractivity contribution in [1.82, 2.24) is 4.90 Å². The first-order valence-electron chi connectivity index (χ1n) is 4.50. The van der Waals surface area contributed by atoms with Gasteiger partial charge in [-0.05, 0) is 39.2 Å². The molecule has 0 amide bonds. The highest BCUT2D eigenvalue weighted by molar-refractivity contribution is 5.93. The van der Waals surface area contributed by atoms with Crippen LogP contribution in [0.15, 0.2) is 36.0 Å². The van der Waals surface area contributed by atoms with Crippen molar-refractivity contribution in [3.63, 3.8) is 0 Å². The molecule has 1 aliphatic rings. The van der Waals surface area contributed by atoms with Gasteiger partial charge in [-0.25, -0.2) is 4.79 Å². The van der Waals surface area contributed by atoms with Gasteiger partial charge in [-0.2, -0.15) is 5.26 Å². The molecule has 0 atom stereocenters. The molecule has 0 spiro atoms. The van der Waals surface area contributed by atoms with Crippen molar-refractivity contribution in [2.75, 3.05) is 21.1 Å². The van der Waals surface area contributed by atoms with Gasteiger partial charge in [0.15, 0.2) is 0 Å². The lowest BCUT2D eigenvalue weighted by atomic mass is 10.0. The summed E-state index contributed by atoms with van der Waals surface area (Å²) in [6, 6.07) is 0. The van der Waals surface area contributed by atoms with Crippen LogP contribution in [0.2, 0.25) is 0 Å². The summed E-state index contributed by atoms with van der Waals surface area (Å²) in [4.78, 5) is 16.3. The maximum Gasteiger partial charge on any atom is 0.373 e. The van der Waals surface area contributed by atoms with Crippen LogP contribution in [0.25, 0.3) is 0 Å². The molecule has 0 saturated heterocycles. The summed E-state index contributed by atoms with van der Waals surface area (Å²) in [7, 11) is 6.00. The highest BCUT2D eigenvalue weighted by atomic mass is 17.1. The molecule has 0 unspecified atom stereocenters. The molecule has 84 valence electrons. The molecular formula is C11H17NO3. The molecule has 0 saturated carbocycles. The van der Waals surface area contributed by atoms with Gasteiger partial charge in [0, 0.05) is 0 Å². The fraction of sp³-hybridized carbons (Fsp3) is 0.364. The summed E-state index contributed by atoms with van der Waals surface area (Å²) in [5.74, 6) is -0.751. The molecule has 0 bridgehead atoms. The average Bonchev–Trinajstić information content (AvgIpc) is 2.16. The minimum atomic E-state index is -0.751. The van der Waals surface area contributed by atoms with E-state index in [-0.39, 0.29) is 0 Å². The number of rotatable bonds is 1. The summed E-state index contributed by atoms with van der Waals surface area (Å²) in [6.07, 6.45) is 5.78. The quantitative estimate of drug-likeness (QED) is 0.529. The van der Waals surface area contributed by atoms with Crippen LogP contribution in [-0.2, 0) is 9.68 Å². The van der Waals surface area contributed by atoms with Crippen LogP contribution in [0.3, 0.4) is 0 Å². The standard InChI is InChI=1S/C8H8O3.C3H9N/c1-6-4-2-3-5-7(6)8(9)11-10;1-4(2)3/h2-3,5,10H,1,4H2;1-3H3. The monoisotopic (exact) mass is 211 g/mol. The third kappa shape index (κ3) is 5.83. The van der Waals surface area contributed by atoms with E-state index < -0.39 is 5.97 Å². The fourth-order valence-electron chi connectivity index (χ4n) is 0.864. The summed E-state index contributed by atoms with van der Waals surface area (Å²) in [5, 5.41) is 8.05. The van der Waals surface area contributed by atoms with Crippen molar-refractivity contribution in [2.45, 2.75) is 6.42 Å². The van der Waals surface area contributed by atoms with E-state index >= 15 is 0 Å². The van der Waals surface area contributed by atoms with E-state index in [4.69, 9.17) is 5.26 Å². The average molecular weight is 211 g/mol. The number of hydrogen-bond donors (Lipinski definition) is 1. The molecule has 0 aromatic heterocycles.